The summed E-state index contributed by atoms with van der Waals surface area (Å²) in [4.78, 5) is 22.3. The van der Waals surface area contributed by atoms with Gasteiger partial charge in [0.25, 0.3) is 5.91 Å². The third-order valence-electron chi connectivity index (χ3n) is 5.26. The Morgan fingerprint density at radius 1 is 1.16 bits per heavy atom. The van der Waals surface area contributed by atoms with Gasteiger partial charge in [-0.15, -0.1) is 12.4 Å². The Morgan fingerprint density at radius 3 is 2.58 bits per heavy atom. The van der Waals surface area contributed by atoms with Crippen molar-refractivity contribution < 1.29 is 9.53 Å². The van der Waals surface area contributed by atoms with Crippen LogP contribution in [0.1, 0.15) is 22.3 Å². The van der Waals surface area contributed by atoms with Crippen molar-refractivity contribution in [3.8, 4) is 0 Å². The van der Waals surface area contributed by atoms with Gasteiger partial charge in [0, 0.05) is 41.8 Å². The molecule has 0 saturated carbocycles. The fourth-order valence-corrected chi connectivity index (χ4v) is 4.84. The molecule has 2 heterocycles. The number of carbonyl (C=O) groups excluding carboxylic acids is 1. The molecular formula is C22H24Cl3N3O2S. The second-order valence-corrected chi connectivity index (χ2v) is 9.14. The Kier molecular flexibility index (Phi) is 8.56. The number of rotatable bonds is 6. The third-order valence-corrected chi connectivity index (χ3v) is 6.97. The standard InChI is InChI=1S/C22H23Cl2N3O2S.ClH/c1-15-18(24)7-8-19-20(15)25-22(30-19)27(10-2-9-26-11-13-29-14-12-26)21(28)16-3-5-17(23)6-4-16;/h3-8H,2,9-14H2,1H3;1H. The van der Waals surface area contributed by atoms with E-state index in [0.717, 1.165) is 55.0 Å². The first-order valence-electron chi connectivity index (χ1n) is 9.96. The number of nitrogens with zero attached hydrogens (tertiary/aromatic N) is 3. The van der Waals surface area contributed by atoms with Gasteiger partial charge in [-0.25, -0.2) is 4.98 Å². The Bertz CT molecular complexity index is 1040. The molecule has 9 heteroatoms. The summed E-state index contributed by atoms with van der Waals surface area (Å²) in [5, 5.41) is 1.98. The van der Waals surface area contributed by atoms with Crippen LogP contribution in [0.2, 0.25) is 10.0 Å². The zero-order chi connectivity index (χ0) is 21.1. The molecule has 1 aliphatic rings. The first-order chi connectivity index (χ1) is 14.5. The van der Waals surface area contributed by atoms with E-state index in [4.69, 9.17) is 32.9 Å². The van der Waals surface area contributed by atoms with Crippen molar-refractivity contribution in [1.29, 1.82) is 0 Å². The lowest BCUT2D eigenvalue weighted by atomic mass is 10.2. The van der Waals surface area contributed by atoms with Crippen LogP contribution in [-0.2, 0) is 4.74 Å². The predicted molar refractivity (Wildman–Crippen MR) is 132 cm³/mol. The molecule has 0 atom stereocenters. The zero-order valence-electron chi connectivity index (χ0n) is 17.1. The number of aromatic nitrogens is 1. The molecule has 0 bridgehead atoms. The molecule has 0 spiro atoms. The first-order valence-corrected chi connectivity index (χ1v) is 11.5. The molecule has 4 rings (SSSR count). The molecule has 0 aliphatic carbocycles. The summed E-state index contributed by atoms with van der Waals surface area (Å²) in [5.74, 6) is -0.0727. The number of hydrogen-bond donors (Lipinski definition) is 0. The Hall–Kier alpha value is -1.41. The van der Waals surface area contributed by atoms with Gasteiger partial charge in [0.05, 0.1) is 23.4 Å². The average Bonchev–Trinajstić information content (AvgIpc) is 3.19. The number of halogens is 3. The number of anilines is 1. The molecule has 1 amide bonds. The van der Waals surface area contributed by atoms with Gasteiger partial charge >= 0.3 is 0 Å². The smallest absolute Gasteiger partial charge is 0.260 e. The van der Waals surface area contributed by atoms with Crippen LogP contribution in [0.25, 0.3) is 10.2 Å². The van der Waals surface area contributed by atoms with Crippen molar-refractivity contribution in [3.05, 3.63) is 57.6 Å². The fourth-order valence-electron chi connectivity index (χ4n) is 3.51. The van der Waals surface area contributed by atoms with E-state index < -0.39 is 0 Å². The number of morpholine rings is 1. The van der Waals surface area contributed by atoms with Gasteiger partial charge < -0.3 is 4.74 Å². The quantitative estimate of drug-likeness (QED) is 0.435. The zero-order valence-corrected chi connectivity index (χ0v) is 20.3. The molecule has 3 aromatic rings. The highest BCUT2D eigenvalue weighted by molar-refractivity contribution is 7.22. The minimum atomic E-state index is -0.0727. The van der Waals surface area contributed by atoms with Crippen molar-refractivity contribution in [2.24, 2.45) is 0 Å². The first kappa shape index (κ1) is 24.2. The highest BCUT2D eigenvalue weighted by atomic mass is 35.5. The van der Waals surface area contributed by atoms with Crippen LogP contribution >= 0.6 is 46.9 Å². The van der Waals surface area contributed by atoms with Crippen molar-refractivity contribution >= 4 is 68.2 Å². The molecule has 1 aliphatic heterocycles. The molecule has 166 valence electrons. The molecule has 0 radical (unpaired) electrons. The van der Waals surface area contributed by atoms with E-state index in [-0.39, 0.29) is 18.3 Å². The van der Waals surface area contributed by atoms with Crippen LogP contribution in [0, 0.1) is 6.92 Å². The second-order valence-electron chi connectivity index (χ2n) is 7.29. The molecule has 1 aromatic heterocycles. The molecule has 5 nitrogen and oxygen atoms in total. The van der Waals surface area contributed by atoms with Crippen molar-refractivity contribution in [2.45, 2.75) is 13.3 Å². The summed E-state index contributed by atoms with van der Waals surface area (Å²) in [6, 6.07) is 10.8. The summed E-state index contributed by atoms with van der Waals surface area (Å²) < 4.78 is 6.44. The van der Waals surface area contributed by atoms with Crippen LogP contribution in [-0.4, -0.2) is 55.2 Å². The number of fused-ring (bicyclic) bond motifs is 1. The molecule has 2 aromatic carbocycles. The minimum Gasteiger partial charge on any atom is -0.379 e. The molecule has 0 N–H and O–H groups in total. The normalized spacial score (nSPS) is 14.4. The summed E-state index contributed by atoms with van der Waals surface area (Å²) in [6.45, 7) is 6.87. The van der Waals surface area contributed by atoms with E-state index in [1.165, 1.54) is 11.3 Å². The van der Waals surface area contributed by atoms with Gasteiger partial charge in [-0.3, -0.25) is 14.6 Å². The SMILES string of the molecule is Cc1c(Cl)ccc2sc(N(CCCN3CCOCC3)C(=O)c3ccc(Cl)cc3)nc12.Cl. The number of benzene rings is 2. The average molecular weight is 501 g/mol. The van der Waals surface area contributed by atoms with Crippen LogP contribution in [0.5, 0.6) is 0 Å². The molecule has 31 heavy (non-hydrogen) atoms. The minimum absolute atomic E-state index is 0. The number of thiazole rings is 1. The number of carbonyl (C=O) groups is 1. The van der Waals surface area contributed by atoms with Crippen LogP contribution in [0.15, 0.2) is 36.4 Å². The number of amides is 1. The van der Waals surface area contributed by atoms with Crippen molar-refractivity contribution in [3.63, 3.8) is 0 Å². The summed E-state index contributed by atoms with van der Waals surface area (Å²) in [5.41, 5.74) is 2.38. The highest BCUT2D eigenvalue weighted by Crippen LogP contribution is 2.34. The van der Waals surface area contributed by atoms with Gasteiger partial charge in [0.1, 0.15) is 0 Å². The lowest BCUT2D eigenvalue weighted by Crippen LogP contribution is -2.39. The Labute approximate surface area is 202 Å². The van der Waals surface area contributed by atoms with E-state index in [0.29, 0.717) is 27.3 Å². The number of aryl methyl sites for hydroxylation is 1. The molecule has 1 saturated heterocycles. The van der Waals surface area contributed by atoms with E-state index in [1.807, 2.05) is 19.1 Å². The van der Waals surface area contributed by atoms with E-state index in [9.17, 15) is 4.79 Å². The second kappa shape index (κ2) is 10.9. The monoisotopic (exact) mass is 499 g/mol. The van der Waals surface area contributed by atoms with Crippen LogP contribution in [0.4, 0.5) is 5.13 Å². The van der Waals surface area contributed by atoms with Gasteiger partial charge in [-0.05, 0) is 55.3 Å². The van der Waals surface area contributed by atoms with Gasteiger partial charge in [-0.1, -0.05) is 34.5 Å². The Morgan fingerprint density at radius 2 is 1.87 bits per heavy atom. The molecular weight excluding hydrogens is 477 g/mol. The van der Waals surface area contributed by atoms with Gasteiger partial charge in [-0.2, -0.15) is 0 Å². The third kappa shape index (κ3) is 5.69. The lowest BCUT2D eigenvalue weighted by molar-refractivity contribution is 0.0376. The predicted octanol–water partition coefficient (Wildman–Crippen LogP) is 5.70. The van der Waals surface area contributed by atoms with E-state index in [1.54, 1.807) is 29.2 Å². The maximum absolute atomic E-state index is 13.4. The summed E-state index contributed by atoms with van der Waals surface area (Å²) in [7, 11) is 0. The van der Waals surface area contributed by atoms with Crippen LogP contribution in [0.3, 0.4) is 0 Å². The van der Waals surface area contributed by atoms with E-state index in [2.05, 4.69) is 4.90 Å². The largest absolute Gasteiger partial charge is 0.379 e. The lowest BCUT2D eigenvalue weighted by Gasteiger charge is -2.27. The van der Waals surface area contributed by atoms with Crippen molar-refractivity contribution in [2.75, 3.05) is 44.3 Å². The maximum atomic E-state index is 13.4. The topological polar surface area (TPSA) is 45.7 Å². The highest BCUT2D eigenvalue weighted by Gasteiger charge is 2.22. The van der Waals surface area contributed by atoms with Gasteiger partial charge in [0.2, 0.25) is 0 Å². The molecule has 1 fully saturated rings. The van der Waals surface area contributed by atoms with Gasteiger partial charge in [0.15, 0.2) is 5.13 Å². The maximum Gasteiger partial charge on any atom is 0.260 e. The number of ether oxygens (including phenoxy) is 1. The number of hydrogen-bond acceptors (Lipinski definition) is 5. The fraction of sp³-hybridized carbons (Fsp3) is 0.364. The summed E-state index contributed by atoms with van der Waals surface area (Å²) in [6.07, 6.45) is 0.856. The van der Waals surface area contributed by atoms with Crippen LogP contribution < -0.4 is 4.90 Å². The van der Waals surface area contributed by atoms with Crippen molar-refractivity contribution in [1.82, 2.24) is 9.88 Å². The summed E-state index contributed by atoms with van der Waals surface area (Å²) >= 11 is 13.8. The Balaban J connectivity index is 0.00000272. The molecule has 0 unspecified atom stereocenters. The van der Waals surface area contributed by atoms with E-state index >= 15 is 0 Å².